The molecule has 12 heavy (non-hydrogen) atoms. The fourth-order valence-electron chi connectivity index (χ4n) is 1.66. The molecule has 0 fully saturated rings. The van der Waals surface area contributed by atoms with Crippen LogP contribution in [0.2, 0.25) is 0 Å². The Morgan fingerprint density at radius 2 is 2.25 bits per heavy atom. The van der Waals surface area contributed by atoms with Crippen LogP contribution in [-0.4, -0.2) is 15.3 Å². The number of imidazole rings is 1. The van der Waals surface area contributed by atoms with Gasteiger partial charge in [0.25, 0.3) is 0 Å². The number of hydrogen-bond donors (Lipinski definition) is 0. The van der Waals surface area contributed by atoms with Gasteiger partial charge >= 0.3 is 0 Å². The fraction of sp³-hybridized carbons (Fsp3) is 0.556. The minimum absolute atomic E-state index is 0.199. The number of hydrogen-bond acceptors (Lipinski definition) is 2. The highest BCUT2D eigenvalue weighted by Crippen LogP contribution is 2.22. The van der Waals surface area contributed by atoms with Crippen molar-refractivity contribution in [1.29, 1.82) is 0 Å². The minimum Gasteiger partial charge on any atom is -0.331 e. The van der Waals surface area contributed by atoms with Crippen LogP contribution in [0.25, 0.3) is 0 Å². The number of carbonyl (C=O) groups excluding carboxylic acids is 1. The first-order valence-corrected chi connectivity index (χ1v) is 4.29. The summed E-state index contributed by atoms with van der Waals surface area (Å²) in [5.41, 5.74) is 1.82. The Morgan fingerprint density at radius 1 is 1.50 bits per heavy atom. The summed E-state index contributed by atoms with van der Waals surface area (Å²) in [6.07, 6.45) is 3.28. The highest BCUT2D eigenvalue weighted by Gasteiger charge is 2.25. The molecule has 3 nitrogen and oxygen atoms in total. The maximum absolute atomic E-state index is 11.2. The molecule has 0 N–H and O–H groups in total. The fourth-order valence-corrected chi connectivity index (χ4v) is 1.66. The summed E-state index contributed by atoms with van der Waals surface area (Å²) in [5, 5.41) is 0. The lowest BCUT2D eigenvalue weighted by molar-refractivity contribution is 0.0990. The number of Topliss-reactive ketones (excluding diaryl/α,β-unsaturated/α-hetero) is 1. The van der Waals surface area contributed by atoms with E-state index in [0.29, 0.717) is 18.2 Å². The number of nitrogens with zero attached hydrogens (tertiary/aromatic N) is 2. The van der Waals surface area contributed by atoms with Crippen LogP contribution in [0.15, 0.2) is 6.33 Å². The largest absolute Gasteiger partial charge is 0.331 e. The van der Waals surface area contributed by atoms with Gasteiger partial charge in [0.05, 0.1) is 6.33 Å². The molecular weight excluding hydrogens is 152 g/mol. The summed E-state index contributed by atoms with van der Waals surface area (Å²) in [5.74, 6) is 0.199. The number of aromatic nitrogens is 2. The highest BCUT2D eigenvalue weighted by molar-refractivity contribution is 5.98. The van der Waals surface area contributed by atoms with Gasteiger partial charge in [0.2, 0.25) is 0 Å². The lowest BCUT2D eigenvalue weighted by Gasteiger charge is -2.08. The Kier molecular flexibility index (Phi) is 1.53. The van der Waals surface area contributed by atoms with Crippen LogP contribution < -0.4 is 0 Å². The molecule has 0 spiro atoms. The van der Waals surface area contributed by atoms with Crippen LogP contribution in [-0.2, 0) is 6.42 Å². The minimum atomic E-state index is 0.199. The van der Waals surface area contributed by atoms with Crippen molar-refractivity contribution in [2.75, 3.05) is 0 Å². The van der Waals surface area contributed by atoms with Crippen molar-refractivity contribution in [3.8, 4) is 0 Å². The number of rotatable bonds is 1. The van der Waals surface area contributed by atoms with Crippen molar-refractivity contribution in [2.45, 2.75) is 32.7 Å². The molecule has 0 aliphatic heterocycles. The Balaban J connectivity index is 2.49. The maximum Gasteiger partial charge on any atom is 0.183 e. The van der Waals surface area contributed by atoms with Crippen LogP contribution in [0.5, 0.6) is 0 Å². The zero-order valence-electron chi connectivity index (χ0n) is 7.37. The van der Waals surface area contributed by atoms with E-state index >= 15 is 0 Å². The molecule has 0 saturated heterocycles. The molecule has 1 aromatic heterocycles. The predicted octanol–water partition coefficient (Wildman–Crippen LogP) is 1.59. The lowest BCUT2D eigenvalue weighted by Crippen LogP contribution is -2.02. The molecule has 1 heterocycles. The predicted molar refractivity (Wildman–Crippen MR) is 45.3 cm³/mol. The molecule has 3 heteroatoms. The van der Waals surface area contributed by atoms with E-state index in [-0.39, 0.29) is 5.78 Å². The molecule has 0 radical (unpaired) electrons. The van der Waals surface area contributed by atoms with Gasteiger partial charge in [0, 0.05) is 18.2 Å². The summed E-state index contributed by atoms with van der Waals surface area (Å²) >= 11 is 0. The topological polar surface area (TPSA) is 34.9 Å². The van der Waals surface area contributed by atoms with E-state index in [1.807, 2.05) is 0 Å². The zero-order valence-corrected chi connectivity index (χ0v) is 7.37. The summed E-state index contributed by atoms with van der Waals surface area (Å²) in [6, 6.07) is 0.409. The molecule has 1 aliphatic carbocycles. The molecule has 0 aromatic carbocycles. The number of fused-ring (bicyclic) bond motifs is 1. The number of carbonyl (C=O) groups is 1. The van der Waals surface area contributed by atoms with Crippen molar-refractivity contribution in [3.63, 3.8) is 0 Å². The van der Waals surface area contributed by atoms with Crippen LogP contribution >= 0.6 is 0 Å². The molecule has 2 rings (SSSR count). The van der Waals surface area contributed by atoms with E-state index in [4.69, 9.17) is 0 Å². The van der Waals surface area contributed by atoms with Gasteiger partial charge in [-0.2, -0.15) is 0 Å². The van der Waals surface area contributed by atoms with Gasteiger partial charge in [-0.3, -0.25) is 4.79 Å². The monoisotopic (exact) mass is 164 g/mol. The van der Waals surface area contributed by atoms with Gasteiger partial charge in [-0.05, 0) is 20.3 Å². The summed E-state index contributed by atoms with van der Waals surface area (Å²) in [6.45, 7) is 4.20. The second-order valence-corrected chi connectivity index (χ2v) is 3.46. The van der Waals surface area contributed by atoms with E-state index in [1.54, 1.807) is 6.33 Å². The second-order valence-electron chi connectivity index (χ2n) is 3.46. The van der Waals surface area contributed by atoms with E-state index in [1.165, 1.54) is 0 Å². The third-order valence-electron chi connectivity index (χ3n) is 2.31. The summed E-state index contributed by atoms with van der Waals surface area (Å²) in [4.78, 5) is 15.3. The standard InChI is InChI=1S/C9H12N2O/c1-6(2)11-5-10-9-7(11)3-4-8(9)12/h5-6H,3-4H2,1-2H3. The first-order valence-electron chi connectivity index (χ1n) is 4.29. The Labute approximate surface area is 71.4 Å². The lowest BCUT2D eigenvalue weighted by atomic mass is 10.3. The van der Waals surface area contributed by atoms with Crippen LogP contribution in [0.1, 0.15) is 42.5 Å². The van der Waals surface area contributed by atoms with Gasteiger partial charge in [0.15, 0.2) is 5.78 Å². The summed E-state index contributed by atoms with van der Waals surface area (Å²) < 4.78 is 2.08. The Morgan fingerprint density at radius 3 is 2.92 bits per heavy atom. The maximum atomic E-state index is 11.2. The van der Waals surface area contributed by atoms with Crippen molar-refractivity contribution in [2.24, 2.45) is 0 Å². The molecule has 0 unspecified atom stereocenters. The Hall–Kier alpha value is -1.12. The first-order chi connectivity index (χ1) is 5.70. The van der Waals surface area contributed by atoms with E-state index in [9.17, 15) is 4.79 Å². The van der Waals surface area contributed by atoms with Crippen molar-refractivity contribution in [1.82, 2.24) is 9.55 Å². The normalized spacial score (nSPS) is 15.8. The molecule has 0 amide bonds. The molecular formula is C9H12N2O. The third kappa shape index (κ3) is 0.891. The SMILES string of the molecule is CC(C)n1cnc2c1CCC2=O. The van der Waals surface area contributed by atoms with Crippen molar-refractivity contribution in [3.05, 3.63) is 17.7 Å². The molecule has 0 bridgehead atoms. The average molecular weight is 164 g/mol. The smallest absolute Gasteiger partial charge is 0.183 e. The van der Waals surface area contributed by atoms with Gasteiger partial charge in [-0.15, -0.1) is 0 Å². The highest BCUT2D eigenvalue weighted by atomic mass is 16.1. The van der Waals surface area contributed by atoms with Crippen LogP contribution in [0.3, 0.4) is 0 Å². The van der Waals surface area contributed by atoms with Gasteiger partial charge in [0.1, 0.15) is 5.69 Å². The molecule has 0 saturated carbocycles. The van der Waals surface area contributed by atoms with Crippen molar-refractivity contribution < 1.29 is 4.79 Å². The van der Waals surface area contributed by atoms with Gasteiger partial charge < -0.3 is 4.57 Å². The van der Waals surface area contributed by atoms with Crippen LogP contribution in [0, 0.1) is 0 Å². The third-order valence-corrected chi connectivity index (χ3v) is 2.31. The average Bonchev–Trinajstić information content (AvgIpc) is 2.53. The van der Waals surface area contributed by atoms with E-state index in [0.717, 1.165) is 12.1 Å². The zero-order chi connectivity index (χ0) is 8.72. The Bertz CT molecular complexity index is 325. The second kappa shape index (κ2) is 2.44. The molecule has 0 atom stereocenters. The molecule has 1 aliphatic rings. The van der Waals surface area contributed by atoms with Crippen molar-refractivity contribution >= 4 is 5.78 Å². The summed E-state index contributed by atoms with van der Waals surface area (Å²) in [7, 11) is 0. The van der Waals surface area contributed by atoms with E-state index < -0.39 is 0 Å². The quantitative estimate of drug-likeness (QED) is 0.631. The first kappa shape index (κ1) is 7.53. The van der Waals surface area contributed by atoms with Gasteiger partial charge in [-0.25, -0.2) is 4.98 Å². The van der Waals surface area contributed by atoms with Gasteiger partial charge in [-0.1, -0.05) is 0 Å². The molecule has 64 valence electrons. The van der Waals surface area contributed by atoms with E-state index in [2.05, 4.69) is 23.4 Å². The van der Waals surface area contributed by atoms with Crippen LogP contribution in [0.4, 0.5) is 0 Å². The molecule has 1 aromatic rings. The number of ketones is 1.